The van der Waals surface area contributed by atoms with E-state index in [1.54, 1.807) is 6.07 Å². The third-order valence-corrected chi connectivity index (χ3v) is 2.69. The zero-order valence-electron chi connectivity index (χ0n) is 9.64. The number of carboxylic acids is 1. The van der Waals surface area contributed by atoms with Crippen LogP contribution in [0.3, 0.4) is 0 Å². The lowest BCUT2D eigenvalue weighted by atomic mass is 10.0. The summed E-state index contributed by atoms with van der Waals surface area (Å²) >= 11 is 0. The van der Waals surface area contributed by atoms with Crippen LogP contribution in [-0.2, 0) is 0 Å². The van der Waals surface area contributed by atoms with Gasteiger partial charge >= 0.3 is 5.97 Å². The van der Waals surface area contributed by atoms with Gasteiger partial charge in [0, 0.05) is 5.56 Å². The first kappa shape index (κ1) is 11.3. The molecule has 0 radical (unpaired) electrons. The van der Waals surface area contributed by atoms with Gasteiger partial charge in [-0.3, -0.25) is 0 Å². The van der Waals surface area contributed by atoms with Gasteiger partial charge in [0.05, 0.1) is 5.69 Å². The van der Waals surface area contributed by atoms with Crippen molar-refractivity contribution in [2.75, 3.05) is 0 Å². The molecule has 1 aromatic carbocycles. The predicted molar refractivity (Wildman–Crippen MR) is 63.9 cm³/mol. The Morgan fingerprint density at radius 1 is 1.06 bits per heavy atom. The van der Waals surface area contributed by atoms with Crippen LogP contribution in [0.5, 0.6) is 0 Å². The summed E-state index contributed by atoms with van der Waals surface area (Å²) in [5.74, 6) is -1.07. The Balaban J connectivity index is 2.39. The van der Waals surface area contributed by atoms with Crippen LogP contribution in [0.25, 0.3) is 11.3 Å². The first-order valence-electron chi connectivity index (χ1n) is 5.22. The van der Waals surface area contributed by atoms with Crippen molar-refractivity contribution in [3.05, 3.63) is 47.2 Å². The van der Waals surface area contributed by atoms with E-state index in [0.29, 0.717) is 5.69 Å². The first-order chi connectivity index (χ1) is 8.08. The summed E-state index contributed by atoms with van der Waals surface area (Å²) in [5.41, 5.74) is 3.96. The predicted octanol–water partition coefficient (Wildman–Crippen LogP) is 2.46. The second kappa shape index (κ2) is 4.33. The van der Waals surface area contributed by atoms with Crippen LogP contribution in [0.2, 0.25) is 0 Å². The van der Waals surface area contributed by atoms with Gasteiger partial charge in [0.25, 0.3) is 0 Å². The highest BCUT2D eigenvalue weighted by atomic mass is 16.4. The fourth-order valence-corrected chi connectivity index (χ4v) is 1.50. The molecule has 0 spiro atoms. The maximum absolute atomic E-state index is 10.6. The third kappa shape index (κ3) is 2.30. The van der Waals surface area contributed by atoms with Crippen molar-refractivity contribution >= 4 is 5.97 Å². The zero-order chi connectivity index (χ0) is 12.4. The highest BCUT2D eigenvalue weighted by Gasteiger charge is 2.06. The standard InChI is InChI=1S/C13H12N2O2/c1-8-3-4-10(7-9(8)2)11-5-6-12(13(16)17)15-14-11/h3-7H,1-2H3,(H,16,17). The molecule has 17 heavy (non-hydrogen) atoms. The topological polar surface area (TPSA) is 63.1 Å². The number of aryl methyl sites for hydroxylation is 2. The van der Waals surface area contributed by atoms with Gasteiger partial charge in [0.2, 0.25) is 0 Å². The molecule has 0 saturated carbocycles. The van der Waals surface area contributed by atoms with Gasteiger partial charge in [0.15, 0.2) is 5.69 Å². The van der Waals surface area contributed by atoms with Crippen LogP contribution < -0.4 is 0 Å². The fourth-order valence-electron chi connectivity index (χ4n) is 1.50. The minimum atomic E-state index is -1.07. The number of aromatic carboxylic acids is 1. The summed E-state index contributed by atoms with van der Waals surface area (Å²) in [4.78, 5) is 10.6. The van der Waals surface area contributed by atoms with E-state index in [1.165, 1.54) is 17.2 Å². The van der Waals surface area contributed by atoms with Crippen molar-refractivity contribution in [3.63, 3.8) is 0 Å². The van der Waals surface area contributed by atoms with E-state index in [0.717, 1.165) is 5.56 Å². The Morgan fingerprint density at radius 3 is 2.35 bits per heavy atom. The molecular formula is C13H12N2O2. The highest BCUT2D eigenvalue weighted by Crippen LogP contribution is 2.19. The molecule has 0 unspecified atom stereocenters. The minimum absolute atomic E-state index is 0.0439. The van der Waals surface area contributed by atoms with Crippen molar-refractivity contribution in [1.82, 2.24) is 10.2 Å². The normalized spacial score (nSPS) is 10.2. The number of carboxylic acid groups (broad SMARTS) is 1. The Bertz CT molecular complexity index is 562. The number of aromatic nitrogens is 2. The summed E-state index contributed by atoms with van der Waals surface area (Å²) in [5, 5.41) is 16.3. The van der Waals surface area contributed by atoms with Gasteiger partial charge in [-0.25, -0.2) is 4.79 Å². The van der Waals surface area contributed by atoms with E-state index in [4.69, 9.17) is 5.11 Å². The average molecular weight is 228 g/mol. The SMILES string of the molecule is Cc1ccc(-c2ccc(C(=O)O)nn2)cc1C. The van der Waals surface area contributed by atoms with Crippen molar-refractivity contribution in [1.29, 1.82) is 0 Å². The van der Waals surface area contributed by atoms with Crippen molar-refractivity contribution in [2.45, 2.75) is 13.8 Å². The highest BCUT2D eigenvalue weighted by molar-refractivity contribution is 5.85. The van der Waals surface area contributed by atoms with Crippen LogP contribution in [-0.4, -0.2) is 21.3 Å². The smallest absolute Gasteiger partial charge is 0.356 e. The zero-order valence-corrected chi connectivity index (χ0v) is 9.64. The number of benzene rings is 1. The molecule has 0 aliphatic heterocycles. The Hall–Kier alpha value is -2.23. The van der Waals surface area contributed by atoms with Gasteiger partial charge in [-0.15, -0.1) is 10.2 Å². The number of hydrogen-bond acceptors (Lipinski definition) is 3. The van der Waals surface area contributed by atoms with Gasteiger partial charge in [-0.2, -0.15) is 0 Å². The molecule has 0 bridgehead atoms. The summed E-state index contributed by atoms with van der Waals surface area (Å²) < 4.78 is 0. The monoisotopic (exact) mass is 228 g/mol. The Labute approximate surface area is 98.9 Å². The second-order valence-electron chi connectivity index (χ2n) is 3.91. The number of hydrogen-bond donors (Lipinski definition) is 1. The van der Waals surface area contributed by atoms with Gasteiger partial charge in [0.1, 0.15) is 0 Å². The molecule has 86 valence electrons. The molecule has 0 atom stereocenters. The van der Waals surface area contributed by atoms with Crippen molar-refractivity contribution in [3.8, 4) is 11.3 Å². The molecule has 0 aliphatic rings. The van der Waals surface area contributed by atoms with Gasteiger partial charge in [-0.05, 0) is 43.2 Å². The summed E-state index contributed by atoms with van der Waals surface area (Å²) in [7, 11) is 0. The molecule has 2 aromatic rings. The minimum Gasteiger partial charge on any atom is -0.476 e. The van der Waals surface area contributed by atoms with E-state index >= 15 is 0 Å². The largest absolute Gasteiger partial charge is 0.476 e. The van der Waals surface area contributed by atoms with E-state index in [2.05, 4.69) is 10.2 Å². The van der Waals surface area contributed by atoms with E-state index < -0.39 is 5.97 Å². The summed E-state index contributed by atoms with van der Waals surface area (Å²) in [6.45, 7) is 4.07. The molecule has 1 heterocycles. The molecule has 1 N–H and O–H groups in total. The van der Waals surface area contributed by atoms with E-state index in [9.17, 15) is 4.79 Å². The van der Waals surface area contributed by atoms with Crippen LogP contribution >= 0.6 is 0 Å². The number of carbonyl (C=O) groups is 1. The van der Waals surface area contributed by atoms with Crippen LogP contribution in [0, 0.1) is 13.8 Å². The van der Waals surface area contributed by atoms with Crippen LogP contribution in [0.15, 0.2) is 30.3 Å². The van der Waals surface area contributed by atoms with Gasteiger partial charge in [-0.1, -0.05) is 12.1 Å². The average Bonchev–Trinajstić information content (AvgIpc) is 2.33. The molecule has 4 heteroatoms. The maximum Gasteiger partial charge on any atom is 0.356 e. The van der Waals surface area contributed by atoms with Crippen LogP contribution in [0.4, 0.5) is 0 Å². The van der Waals surface area contributed by atoms with E-state index in [-0.39, 0.29) is 5.69 Å². The van der Waals surface area contributed by atoms with Crippen molar-refractivity contribution in [2.24, 2.45) is 0 Å². The maximum atomic E-state index is 10.6. The summed E-state index contributed by atoms with van der Waals surface area (Å²) in [6.07, 6.45) is 0. The van der Waals surface area contributed by atoms with Crippen molar-refractivity contribution < 1.29 is 9.90 Å². The number of nitrogens with zero attached hydrogens (tertiary/aromatic N) is 2. The third-order valence-electron chi connectivity index (χ3n) is 2.69. The molecular weight excluding hydrogens is 216 g/mol. The molecule has 2 rings (SSSR count). The molecule has 0 saturated heterocycles. The lowest BCUT2D eigenvalue weighted by Gasteiger charge is -2.04. The lowest BCUT2D eigenvalue weighted by molar-refractivity contribution is 0.0689. The molecule has 4 nitrogen and oxygen atoms in total. The Morgan fingerprint density at radius 2 is 1.82 bits per heavy atom. The fraction of sp³-hybridized carbons (Fsp3) is 0.154. The second-order valence-corrected chi connectivity index (χ2v) is 3.91. The molecule has 0 amide bonds. The molecule has 0 aliphatic carbocycles. The quantitative estimate of drug-likeness (QED) is 0.857. The molecule has 0 fully saturated rings. The number of rotatable bonds is 2. The van der Waals surface area contributed by atoms with Gasteiger partial charge < -0.3 is 5.11 Å². The van der Waals surface area contributed by atoms with Crippen LogP contribution in [0.1, 0.15) is 21.6 Å². The lowest BCUT2D eigenvalue weighted by Crippen LogP contribution is -2.02. The Kier molecular flexibility index (Phi) is 2.87. The summed E-state index contributed by atoms with van der Waals surface area (Å²) in [6, 6.07) is 9.10. The van der Waals surface area contributed by atoms with E-state index in [1.807, 2.05) is 32.0 Å². The molecule has 1 aromatic heterocycles. The first-order valence-corrected chi connectivity index (χ1v) is 5.22.